The van der Waals surface area contributed by atoms with Crippen LogP contribution in [-0.4, -0.2) is 33.2 Å². The molecule has 4 aromatic rings. The second-order valence-corrected chi connectivity index (χ2v) is 8.93. The normalized spacial score (nSPS) is 22.8. The lowest BCUT2D eigenvalue weighted by molar-refractivity contribution is 0.0208. The zero-order chi connectivity index (χ0) is 22.4. The number of H-pyrrole nitrogens is 1. The Bertz CT molecular complexity index is 1330. The summed E-state index contributed by atoms with van der Waals surface area (Å²) in [6, 6.07) is 18.4. The Morgan fingerprint density at radius 2 is 1.88 bits per heavy atom. The van der Waals surface area contributed by atoms with E-state index in [-0.39, 0.29) is 11.6 Å². The molecular weight excluding hydrogens is 419 g/mol. The van der Waals surface area contributed by atoms with E-state index in [2.05, 4.69) is 22.1 Å². The number of aromatic nitrogens is 3. The highest BCUT2D eigenvalue weighted by Gasteiger charge is 2.48. The minimum absolute atomic E-state index is 0.266. The third kappa shape index (κ3) is 3.53. The minimum atomic E-state index is -0.561. The quantitative estimate of drug-likeness (QED) is 0.434. The third-order valence-electron chi connectivity index (χ3n) is 6.86. The van der Waals surface area contributed by atoms with E-state index < -0.39 is 17.5 Å². The van der Waals surface area contributed by atoms with E-state index >= 15 is 0 Å². The van der Waals surface area contributed by atoms with E-state index in [1.165, 1.54) is 11.0 Å². The lowest BCUT2D eigenvalue weighted by atomic mass is 9.78. The van der Waals surface area contributed by atoms with E-state index in [0.717, 1.165) is 53.8 Å². The van der Waals surface area contributed by atoms with Gasteiger partial charge in [0.15, 0.2) is 0 Å². The topological polar surface area (TPSA) is 71.1 Å². The van der Waals surface area contributed by atoms with Crippen LogP contribution in [0.15, 0.2) is 66.9 Å². The number of ether oxygens (including phenoxy) is 1. The maximum Gasteiger partial charge on any atom is 0.415 e. The molecule has 2 fully saturated rings. The molecule has 1 saturated carbocycles. The van der Waals surface area contributed by atoms with E-state index in [9.17, 15) is 9.18 Å². The largest absolute Gasteiger partial charge is 0.441 e. The Labute approximate surface area is 190 Å². The van der Waals surface area contributed by atoms with Crippen molar-refractivity contribution in [1.82, 2.24) is 15.0 Å². The van der Waals surface area contributed by atoms with E-state index in [1.807, 2.05) is 24.3 Å². The molecule has 0 unspecified atom stereocenters. The van der Waals surface area contributed by atoms with Gasteiger partial charge in [0.1, 0.15) is 17.2 Å². The molecule has 1 aliphatic heterocycles. The van der Waals surface area contributed by atoms with E-state index in [1.54, 1.807) is 24.4 Å². The smallest absolute Gasteiger partial charge is 0.415 e. The first kappa shape index (κ1) is 19.9. The molecule has 1 saturated heterocycles. The van der Waals surface area contributed by atoms with Gasteiger partial charge in [0.2, 0.25) is 0 Å². The highest BCUT2D eigenvalue weighted by atomic mass is 19.1. The molecule has 7 heteroatoms. The van der Waals surface area contributed by atoms with Crippen molar-refractivity contribution in [1.29, 1.82) is 0 Å². The number of amides is 1. The molecule has 6 rings (SSSR count). The van der Waals surface area contributed by atoms with E-state index in [4.69, 9.17) is 9.72 Å². The van der Waals surface area contributed by atoms with Gasteiger partial charge in [-0.3, -0.25) is 9.88 Å². The van der Waals surface area contributed by atoms with Crippen LogP contribution < -0.4 is 4.90 Å². The van der Waals surface area contributed by atoms with Gasteiger partial charge in [-0.15, -0.1) is 0 Å². The number of hydrogen-bond acceptors (Lipinski definition) is 4. The van der Waals surface area contributed by atoms with Crippen molar-refractivity contribution in [3.05, 3.63) is 78.5 Å². The molecule has 166 valence electrons. The Hall–Kier alpha value is -3.74. The molecule has 1 amide bonds. The molecule has 0 atom stereocenters. The van der Waals surface area contributed by atoms with Crippen LogP contribution in [0, 0.1) is 5.82 Å². The number of carbonyl (C=O) groups excluding carboxylic acids is 1. The number of rotatable bonds is 3. The number of aromatic amines is 1. The molecule has 6 nitrogen and oxygen atoms in total. The van der Waals surface area contributed by atoms with E-state index in [0.29, 0.717) is 6.54 Å². The summed E-state index contributed by atoms with van der Waals surface area (Å²) in [4.78, 5) is 26.7. The molecule has 1 aliphatic carbocycles. The summed E-state index contributed by atoms with van der Waals surface area (Å²) < 4.78 is 20.0. The minimum Gasteiger partial charge on any atom is -0.441 e. The molecule has 3 heterocycles. The summed E-state index contributed by atoms with van der Waals surface area (Å²) >= 11 is 0. The fourth-order valence-electron chi connectivity index (χ4n) is 5.07. The Morgan fingerprint density at radius 1 is 1.06 bits per heavy atom. The number of benzene rings is 2. The Kier molecular flexibility index (Phi) is 4.64. The number of nitrogens with zero attached hydrogens (tertiary/aromatic N) is 3. The van der Waals surface area contributed by atoms with Crippen molar-refractivity contribution in [3.8, 4) is 11.3 Å². The van der Waals surface area contributed by atoms with Gasteiger partial charge < -0.3 is 9.72 Å². The predicted molar refractivity (Wildman–Crippen MR) is 123 cm³/mol. The van der Waals surface area contributed by atoms with Crippen molar-refractivity contribution in [3.63, 3.8) is 0 Å². The third-order valence-corrected chi connectivity index (χ3v) is 6.86. The highest BCUT2D eigenvalue weighted by Crippen LogP contribution is 2.44. The first-order valence-electron chi connectivity index (χ1n) is 11.3. The molecule has 33 heavy (non-hydrogen) atoms. The Morgan fingerprint density at radius 3 is 2.67 bits per heavy atom. The van der Waals surface area contributed by atoms with Crippen molar-refractivity contribution in [2.75, 3.05) is 11.4 Å². The van der Waals surface area contributed by atoms with Gasteiger partial charge in [0, 0.05) is 17.7 Å². The fourth-order valence-corrected chi connectivity index (χ4v) is 5.07. The molecule has 0 radical (unpaired) electrons. The molecule has 1 spiro atoms. The van der Waals surface area contributed by atoms with Gasteiger partial charge in [-0.05, 0) is 62.1 Å². The van der Waals surface area contributed by atoms with Crippen LogP contribution >= 0.6 is 0 Å². The van der Waals surface area contributed by atoms with Crippen LogP contribution in [0.4, 0.5) is 14.9 Å². The number of imidazole rings is 1. The average Bonchev–Trinajstić information content (AvgIpc) is 3.41. The number of anilines is 1. The van der Waals surface area contributed by atoms with Crippen molar-refractivity contribution >= 4 is 22.8 Å². The van der Waals surface area contributed by atoms with Crippen LogP contribution in [0.25, 0.3) is 22.3 Å². The number of hydrogen-bond donors (Lipinski definition) is 1. The molecule has 2 aromatic heterocycles. The molecule has 1 N–H and O–H groups in total. The van der Waals surface area contributed by atoms with Crippen molar-refractivity contribution in [2.45, 2.75) is 37.2 Å². The summed E-state index contributed by atoms with van der Waals surface area (Å²) in [5, 5.41) is 0. The standard InChI is InChI=1S/C26H23FN4O2/c27-19-5-1-2-7-23(19)31-16-26(33-25(31)32)12-10-17(11-13-26)24-29-21-9-8-18(15-22(21)30-24)20-6-3-4-14-28-20/h1-9,14-15,17H,10-13,16H2,(H,29,30). The highest BCUT2D eigenvalue weighted by molar-refractivity contribution is 5.90. The number of pyridine rings is 1. The van der Waals surface area contributed by atoms with Crippen molar-refractivity contribution in [2.24, 2.45) is 0 Å². The average molecular weight is 442 g/mol. The SMILES string of the molecule is O=C1OC2(CCC(c3nc4cc(-c5ccccn5)ccc4[nH]3)CC2)CN1c1ccccc1F. The van der Waals surface area contributed by atoms with Gasteiger partial charge >= 0.3 is 6.09 Å². The molecule has 0 bridgehead atoms. The number of halogens is 1. The van der Waals surface area contributed by atoms with Crippen LogP contribution in [0.5, 0.6) is 0 Å². The second-order valence-electron chi connectivity index (χ2n) is 8.93. The van der Waals surface area contributed by atoms with Crippen LogP contribution in [0.2, 0.25) is 0 Å². The maximum atomic E-state index is 14.2. The van der Waals surface area contributed by atoms with Gasteiger partial charge in [0.25, 0.3) is 0 Å². The number of carbonyl (C=O) groups is 1. The lowest BCUT2D eigenvalue weighted by Gasteiger charge is -2.34. The second kappa shape index (κ2) is 7.69. The summed E-state index contributed by atoms with van der Waals surface area (Å²) in [7, 11) is 0. The van der Waals surface area contributed by atoms with Crippen LogP contribution in [0.1, 0.15) is 37.4 Å². The lowest BCUT2D eigenvalue weighted by Crippen LogP contribution is -2.38. The van der Waals surface area contributed by atoms with Gasteiger partial charge in [-0.2, -0.15) is 0 Å². The summed E-state index contributed by atoms with van der Waals surface area (Å²) in [6.07, 6.45) is 4.48. The van der Waals surface area contributed by atoms with Crippen LogP contribution in [0.3, 0.4) is 0 Å². The number of para-hydroxylation sites is 1. The first-order chi connectivity index (χ1) is 16.1. The van der Waals surface area contributed by atoms with Gasteiger partial charge in [-0.1, -0.05) is 24.3 Å². The predicted octanol–water partition coefficient (Wildman–Crippen LogP) is 5.82. The summed E-state index contributed by atoms with van der Waals surface area (Å²) in [5.41, 5.74) is 3.60. The molecule has 2 aromatic carbocycles. The molecular formula is C26H23FN4O2. The Balaban J connectivity index is 1.19. The monoisotopic (exact) mass is 442 g/mol. The zero-order valence-corrected chi connectivity index (χ0v) is 18.0. The van der Waals surface area contributed by atoms with Crippen LogP contribution in [-0.2, 0) is 4.74 Å². The van der Waals surface area contributed by atoms with Gasteiger partial charge in [-0.25, -0.2) is 14.2 Å². The maximum absolute atomic E-state index is 14.2. The van der Waals surface area contributed by atoms with Crippen molar-refractivity contribution < 1.29 is 13.9 Å². The molecule has 2 aliphatic rings. The fraction of sp³-hybridized carbons (Fsp3) is 0.269. The first-order valence-corrected chi connectivity index (χ1v) is 11.3. The summed E-state index contributed by atoms with van der Waals surface area (Å²) in [6.45, 7) is 0.382. The summed E-state index contributed by atoms with van der Waals surface area (Å²) in [5.74, 6) is 0.823. The number of fused-ring (bicyclic) bond motifs is 1. The zero-order valence-electron chi connectivity index (χ0n) is 18.0. The number of nitrogens with one attached hydrogen (secondary N) is 1. The van der Waals surface area contributed by atoms with Gasteiger partial charge in [0.05, 0.1) is 29.0 Å².